The fraction of sp³-hybridized carbons (Fsp3) is 0.200. The van der Waals surface area contributed by atoms with Gasteiger partial charge in [0, 0.05) is 17.1 Å². The van der Waals surface area contributed by atoms with Gasteiger partial charge in [0.15, 0.2) is 0 Å². The molecule has 0 aliphatic heterocycles. The quantitative estimate of drug-likeness (QED) is 0.849. The van der Waals surface area contributed by atoms with Gasteiger partial charge in [-0.05, 0) is 44.5 Å². The fourth-order valence-corrected chi connectivity index (χ4v) is 2.32. The lowest BCUT2D eigenvalue weighted by Crippen LogP contribution is -2.15. The van der Waals surface area contributed by atoms with Gasteiger partial charge in [0.25, 0.3) is 0 Å². The third-order valence-electron chi connectivity index (χ3n) is 3.03. The minimum Gasteiger partial charge on any atom is -0.389 e. The van der Waals surface area contributed by atoms with E-state index in [0.29, 0.717) is 16.8 Å². The van der Waals surface area contributed by atoms with Crippen molar-refractivity contribution in [3.05, 3.63) is 52.6 Å². The SMILES string of the molecule is Cc1cc(Nc2ccc(C)c(F)c2)c(C(N)=S)c(C)n1. The molecule has 20 heavy (non-hydrogen) atoms. The summed E-state index contributed by atoms with van der Waals surface area (Å²) in [6, 6.07) is 6.83. The smallest absolute Gasteiger partial charge is 0.128 e. The molecular formula is C15H16FN3S. The number of aromatic nitrogens is 1. The van der Waals surface area contributed by atoms with E-state index < -0.39 is 0 Å². The predicted octanol–water partition coefficient (Wildman–Crippen LogP) is 3.52. The zero-order valence-corrected chi connectivity index (χ0v) is 12.4. The van der Waals surface area contributed by atoms with Crippen LogP contribution in [-0.4, -0.2) is 9.97 Å². The standard InChI is InChI=1S/C15H16FN3S/c1-8-4-5-11(7-12(8)16)19-13-6-9(2)18-10(3)14(13)15(17)20/h4-7H,1-3H3,(H2,17,20)(H,18,19). The molecule has 0 saturated carbocycles. The number of rotatable bonds is 3. The van der Waals surface area contributed by atoms with Gasteiger partial charge < -0.3 is 11.1 Å². The molecule has 104 valence electrons. The van der Waals surface area contributed by atoms with E-state index in [-0.39, 0.29) is 10.8 Å². The number of thiocarbonyl (C=S) groups is 1. The largest absolute Gasteiger partial charge is 0.389 e. The summed E-state index contributed by atoms with van der Waals surface area (Å²) in [4.78, 5) is 4.62. The van der Waals surface area contributed by atoms with Crippen LogP contribution in [0.5, 0.6) is 0 Å². The topological polar surface area (TPSA) is 50.9 Å². The first-order valence-corrected chi connectivity index (χ1v) is 6.60. The minimum absolute atomic E-state index is 0.255. The molecule has 0 aliphatic carbocycles. The predicted molar refractivity (Wildman–Crippen MR) is 84.0 cm³/mol. The lowest BCUT2D eigenvalue weighted by atomic mass is 10.1. The summed E-state index contributed by atoms with van der Waals surface area (Å²) in [6.45, 7) is 5.46. The van der Waals surface area contributed by atoms with Crippen LogP contribution in [0.3, 0.4) is 0 Å². The zero-order valence-electron chi connectivity index (χ0n) is 11.6. The second-order valence-corrected chi connectivity index (χ2v) is 5.16. The third kappa shape index (κ3) is 2.93. The van der Waals surface area contributed by atoms with E-state index >= 15 is 0 Å². The molecule has 2 aromatic rings. The molecule has 3 N–H and O–H groups in total. The van der Waals surface area contributed by atoms with Gasteiger partial charge in [-0.2, -0.15) is 0 Å². The molecule has 0 atom stereocenters. The van der Waals surface area contributed by atoms with Gasteiger partial charge in [-0.3, -0.25) is 4.98 Å². The maximum absolute atomic E-state index is 13.6. The van der Waals surface area contributed by atoms with Gasteiger partial charge in [-0.1, -0.05) is 18.3 Å². The Hall–Kier alpha value is -2.01. The van der Waals surface area contributed by atoms with Crippen molar-refractivity contribution in [2.75, 3.05) is 5.32 Å². The molecule has 0 spiro atoms. The minimum atomic E-state index is -0.255. The summed E-state index contributed by atoms with van der Waals surface area (Å²) < 4.78 is 13.6. The van der Waals surface area contributed by atoms with E-state index in [2.05, 4.69) is 10.3 Å². The Kier molecular flexibility index (Phi) is 3.99. The molecule has 0 aliphatic rings. The molecule has 5 heteroatoms. The molecule has 1 aromatic heterocycles. The number of hydrogen-bond acceptors (Lipinski definition) is 3. The first-order valence-electron chi connectivity index (χ1n) is 6.19. The highest BCUT2D eigenvalue weighted by atomic mass is 32.1. The van der Waals surface area contributed by atoms with Crippen molar-refractivity contribution in [3.8, 4) is 0 Å². The number of aryl methyl sites for hydroxylation is 3. The van der Waals surface area contributed by atoms with Crippen LogP contribution in [0.25, 0.3) is 0 Å². The molecule has 2 rings (SSSR count). The Morgan fingerprint density at radius 2 is 1.95 bits per heavy atom. The van der Waals surface area contributed by atoms with Crippen molar-refractivity contribution >= 4 is 28.6 Å². The van der Waals surface area contributed by atoms with Crippen molar-refractivity contribution in [3.63, 3.8) is 0 Å². The Bertz CT molecular complexity index is 683. The molecule has 1 heterocycles. The first-order chi connectivity index (χ1) is 9.38. The van der Waals surface area contributed by atoms with Crippen LogP contribution in [0.4, 0.5) is 15.8 Å². The Morgan fingerprint density at radius 3 is 2.55 bits per heavy atom. The van der Waals surface area contributed by atoms with Crippen molar-refractivity contribution in [1.29, 1.82) is 0 Å². The van der Waals surface area contributed by atoms with E-state index in [1.54, 1.807) is 13.0 Å². The van der Waals surface area contributed by atoms with Crippen LogP contribution in [0, 0.1) is 26.6 Å². The monoisotopic (exact) mass is 289 g/mol. The van der Waals surface area contributed by atoms with Crippen molar-refractivity contribution < 1.29 is 4.39 Å². The van der Waals surface area contributed by atoms with E-state index in [4.69, 9.17) is 18.0 Å². The second kappa shape index (κ2) is 5.54. The van der Waals surface area contributed by atoms with Gasteiger partial charge in [-0.15, -0.1) is 0 Å². The number of nitrogens with two attached hydrogens (primary N) is 1. The average Bonchev–Trinajstić information content (AvgIpc) is 2.32. The first kappa shape index (κ1) is 14.4. The second-order valence-electron chi connectivity index (χ2n) is 4.72. The lowest BCUT2D eigenvalue weighted by Gasteiger charge is -2.14. The maximum Gasteiger partial charge on any atom is 0.128 e. The molecule has 0 fully saturated rings. The number of halogens is 1. The van der Waals surface area contributed by atoms with Gasteiger partial charge in [0.1, 0.15) is 10.8 Å². The number of anilines is 2. The highest BCUT2D eigenvalue weighted by molar-refractivity contribution is 7.80. The van der Waals surface area contributed by atoms with E-state index in [1.165, 1.54) is 6.07 Å². The summed E-state index contributed by atoms with van der Waals surface area (Å²) in [5.74, 6) is -0.255. The maximum atomic E-state index is 13.6. The van der Waals surface area contributed by atoms with Gasteiger partial charge in [-0.25, -0.2) is 4.39 Å². The summed E-state index contributed by atoms with van der Waals surface area (Å²) in [5.41, 5.74) is 10.0. The Labute approximate surface area is 123 Å². The third-order valence-corrected chi connectivity index (χ3v) is 3.23. The molecule has 0 unspecified atom stereocenters. The van der Waals surface area contributed by atoms with Gasteiger partial charge in [0.05, 0.1) is 11.3 Å². The van der Waals surface area contributed by atoms with E-state index in [1.807, 2.05) is 26.0 Å². The fourth-order valence-electron chi connectivity index (χ4n) is 2.06. The summed E-state index contributed by atoms with van der Waals surface area (Å²) in [6.07, 6.45) is 0. The molecule has 0 bridgehead atoms. The molecule has 0 saturated heterocycles. The van der Waals surface area contributed by atoms with Crippen molar-refractivity contribution in [1.82, 2.24) is 4.98 Å². The molecular weight excluding hydrogens is 273 g/mol. The number of pyridine rings is 1. The zero-order chi connectivity index (χ0) is 14.9. The van der Waals surface area contributed by atoms with E-state index in [0.717, 1.165) is 17.1 Å². The highest BCUT2D eigenvalue weighted by Crippen LogP contribution is 2.25. The summed E-state index contributed by atoms with van der Waals surface area (Å²) in [5, 5.41) is 3.16. The number of nitrogens with zero attached hydrogens (tertiary/aromatic N) is 1. The molecule has 0 radical (unpaired) electrons. The van der Waals surface area contributed by atoms with Crippen molar-refractivity contribution in [2.45, 2.75) is 20.8 Å². The summed E-state index contributed by atoms with van der Waals surface area (Å²) >= 11 is 5.07. The van der Waals surface area contributed by atoms with Crippen LogP contribution >= 0.6 is 12.2 Å². The normalized spacial score (nSPS) is 10.4. The van der Waals surface area contributed by atoms with Crippen LogP contribution in [-0.2, 0) is 0 Å². The van der Waals surface area contributed by atoms with Crippen LogP contribution < -0.4 is 11.1 Å². The number of hydrogen-bond donors (Lipinski definition) is 2. The molecule has 3 nitrogen and oxygen atoms in total. The number of benzene rings is 1. The number of nitrogens with one attached hydrogen (secondary N) is 1. The van der Waals surface area contributed by atoms with Gasteiger partial charge in [0.2, 0.25) is 0 Å². The van der Waals surface area contributed by atoms with Crippen LogP contribution in [0.2, 0.25) is 0 Å². The summed E-state index contributed by atoms with van der Waals surface area (Å²) in [7, 11) is 0. The van der Waals surface area contributed by atoms with Crippen LogP contribution in [0.15, 0.2) is 24.3 Å². The van der Waals surface area contributed by atoms with Gasteiger partial charge >= 0.3 is 0 Å². The van der Waals surface area contributed by atoms with Crippen LogP contribution in [0.1, 0.15) is 22.5 Å². The van der Waals surface area contributed by atoms with E-state index in [9.17, 15) is 4.39 Å². The molecule has 1 aromatic carbocycles. The Balaban J connectivity index is 2.47. The molecule has 0 amide bonds. The highest BCUT2D eigenvalue weighted by Gasteiger charge is 2.11. The average molecular weight is 289 g/mol. The lowest BCUT2D eigenvalue weighted by molar-refractivity contribution is 0.619. The van der Waals surface area contributed by atoms with Crippen molar-refractivity contribution in [2.24, 2.45) is 5.73 Å². The Morgan fingerprint density at radius 1 is 1.25 bits per heavy atom.